The average Bonchev–Trinajstić information content (AvgIpc) is 2.13. The molecule has 0 spiro atoms. The van der Waals surface area contributed by atoms with Crippen LogP contribution in [-0.2, 0) is 19.1 Å². The van der Waals surface area contributed by atoms with Gasteiger partial charge in [-0.1, -0.05) is 6.58 Å². The zero-order chi connectivity index (χ0) is 15.6. The fourth-order valence-corrected chi connectivity index (χ4v) is 1.23. The second-order valence-corrected chi connectivity index (χ2v) is 4.80. The number of ether oxygens (including phenoxy) is 2. The SMILES string of the molecule is C=C(C)C(=O)OC(C)(C)C(C)(OC(C)=O)C(F)(F)F. The summed E-state index contributed by atoms with van der Waals surface area (Å²) in [6.07, 6.45) is -4.91. The van der Waals surface area contributed by atoms with E-state index in [9.17, 15) is 22.8 Å². The van der Waals surface area contributed by atoms with E-state index in [0.29, 0.717) is 6.92 Å². The zero-order valence-electron chi connectivity index (χ0n) is 11.5. The number of esters is 2. The highest BCUT2D eigenvalue weighted by Crippen LogP contribution is 2.43. The van der Waals surface area contributed by atoms with Crippen molar-refractivity contribution in [1.29, 1.82) is 0 Å². The molecule has 110 valence electrons. The van der Waals surface area contributed by atoms with Gasteiger partial charge < -0.3 is 9.47 Å². The van der Waals surface area contributed by atoms with Gasteiger partial charge in [0.15, 0.2) is 5.60 Å². The summed E-state index contributed by atoms with van der Waals surface area (Å²) >= 11 is 0. The Morgan fingerprint density at radius 1 is 1.00 bits per heavy atom. The van der Waals surface area contributed by atoms with Gasteiger partial charge in [-0.15, -0.1) is 0 Å². The van der Waals surface area contributed by atoms with E-state index in [2.05, 4.69) is 11.3 Å². The van der Waals surface area contributed by atoms with Gasteiger partial charge in [0.05, 0.1) is 0 Å². The summed E-state index contributed by atoms with van der Waals surface area (Å²) in [7, 11) is 0. The minimum absolute atomic E-state index is 0.0552. The van der Waals surface area contributed by atoms with E-state index in [1.807, 2.05) is 0 Å². The third-order valence-corrected chi connectivity index (χ3v) is 2.73. The maximum atomic E-state index is 13.1. The second kappa shape index (κ2) is 5.22. The van der Waals surface area contributed by atoms with E-state index in [4.69, 9.17) is 4.74 Å². The first-order valence-electron chi connectivity index (χ1n) is 5.40. The molecular weight excluding hydrogens is 265 g/mol. The minimum atomic E-state index is -4.91. The number of carbonyl (C=O) groups excluding carboxylic acids is 2. The normalized spacial score (nSPS) is 15.4. The molecule has 7 heteroatoms. The number of rotatable bonds is 4. The zero-order valence-corrected chi connectivity index (χ0v) is 11.5. The van der Waals surface area contributed by atoms with Crippen LogP contribution in [0.1, 0.15) is 34.6 Å². The standard InChI is InChI=1S/C12H17F3O4/c1-7(2)9(17)19-10(4,5)11(6,12(13,14)15)18-8(3)16/h1H2,2-6H3. The number of alkyl halides is 3. The lowest BCUT2D eigenvalue weighted by Gasteiger charge is -2.42. The van der Waals surface area contributed by atoms with Crippen molar-refractivity contribution in [2.24, 2.45) is 0 Å². The quantitative estimate of drug-likeness (QED) is 0.587. The summed E-state index contributed by atoms with van der Waals surface area (Å²) in [6, 6.07) is 0. The molecule has 0 aromatic carbocycles. The largest absolute Gasteiger partial charge is 0.452 e. The minimum Gasteiger partial charge on any atom is -0.452 e. The highest BCUT2D eigenvalue weighted by Gasteiger charge is 2.65. The van der Waals surface area contributed by atoms with Crippen molar-refractivity contribution in [3.05, 3.63) is 12.2 Å². The first-order valence-corrected chi connectivity index (χ1v) is 5.40. The van der Waals surface area contributed by atoms with Crippen molar-refractivity contribution in [1.82, 2.24) is 0 Å². The molecule has 0 bridgehead atoms. The van der Waals surface area contributed by atoms with Crippen molar-refractivity contribution < 1.29 is 32.2 Å². The van der Waals surface area contributed by atoms with E-state index in [1.165, 1.54) is 6.92 Å². The first kappa shape index (κ1) is 17.5. The van der Waals surface area contributed by atoms with E-state index >= 15 is 0 Å². The van der Waals surface area contributed by atoms with E-state index in [-0.39, 0.29) is 5.57 Å². The molecule has 0 saturated heterocycles. The topological polar surface area (TPSA) is 52.6 Å². The maximum absolute atomic E-state index is 13.1. The Morgan fingerprint density at radius 2 is 1.42 bits per heavy atom. The fourth-order valence-electron chi connectivity index (χ4n) is 1.23. The number of hydrogen-bond acceptors (Lipinski definition) is 4. The van der Waals surface area contributed by atoms with Crippen LogP contribution in [0.2, 0.25) is 0 Å². The lowest BCUT2D eigenvalue weighted by Crippen LogP contribution is -2.62. The molecule has 0 fully saturated rings. The number of carbonyl (C=O) groups is 2. The summed E-state index contributed by atoms with van der Waals surface area (Å²) in [5.41, 5.74) is -5.12. The molecule has 0 aliphatic rings. The second-order valence-electron chi connectivity index (χ2n) is 4.80. The highest BCUT2D eigenvalue weighted by atomic mass is 19.4. The molecule has 1 atom stereocenters. The van der Waals surface area contributed by atoms with Crippen molar-refractivity contribution in [2.45, 2.75) is 52.0 Å². The molecule has 0 aliphatic heterocycles. The van der Waals surface area contributed by atoms with Gasteiger partial charge in [-0.05, 0) is 27.7 Å². The molecule has 0 radical (unpaired) electrons. The van der Waals surface area contributed by atoms with Crippen LogP contribution < -0.4 is 0 Å². The summed E-state index contributed by atoms with van der Waals surface area (Å²) in [5, 5.41) is 0. The molecule has 0 aliphatic carbocycles. The molecule has 0 aromatic heterocycles. The summed E-state index contributed by atoms with van der Waals surface area (Å²) in [6.45, 7) is 8.12. The van der Waals surface area contributed by atoms with Crippen LogP contribution in [0.5, 0.6) is 0 Å². The van der Waals surface area contributed by atoms with Gasteiger partial charge in [0.25, 0.3) is 0 Å². The lowest BCUT2D eigenvalue weighted by atomic mass is 9.86. The van der Waals surface area contributed by atoms with Gasteiger partial charge in [0.1, 0.15) is 0 Å². The molecule has 1 unspecified atom stereocenters. The Labute approximate surface area is 109 Å². The molecule has 0 heterocycles. The van der Waals surface area contributed by atoms with Gasteiger partial charge in [-0.2, -0.15) is 13.2 Å². The van der Waals surface area contributed by atoms with Crippen LogP contribution in [0.3, 0.4) is 0 Å². The predicted octanol–water partition coefficient (Wildman–Crippen LogP) is 2.77. The molecule has 4 nitrogen and oxygen atoms in total. The Morgan fingerprint density at radius 3 is 1.68 bits per heavy atom. The molecule has 0 amide bonds. The Bertz CT molecular complexity index is 398. The molecule has 0 saturated carbocycles. The predicted molar refractivity (Wildman–Crippen MR) is 61.2 cm³/mol. The summed E-state index contributed by atoms with van der Waals surface area (Å²) in [5.74, 6) is -2.12. The molecule has 0 N–H and O–H groups in total. The summed E-state index contributed by atoms with van der Waals surface area (Å²) < 4.78 is 48.5. The third kappa shape index (κ3) is 3.71. The molecule has 0 aromatic rings. The third-order valence-electron chi connectivity index (χ3n) is 2.73. The van der Waals surface area contributed by atoms with Gasteiger partial charge in [0, 0.05) is 12.5 Å². The van der Waals surface area contributed by atoms with Crippen LogP contribution in [-0.4, -0.2) is 29.3 Å². The van der Waals surface area contributed by atoms with Crippen molar-refractivity contribution in [3.63, 3.8) is 0 Å². The van der Waals surface area contributed by atoms with E-state index < -0.39 is 29.3 Å². The van der Waals surface area contributed by atoms with Crippen LogP contribution in [0.15, 0.2) is 12.2 Å². The van der Waals surface area contributed by atoms with E-state index in [1.54, 1.807) is 0 Å². The molecule has 19 heavy (non-hydrogen) atoms. The molecular formula is C12H17F3O4. The average molecular weight is 282 g/mol. The monoisotopic (exact) mass is 282 g/mol. The van der Waals surface area contributed by atoms with Crippen LogP contribution in [0.4, 0.5) is 13.2 Å². The maximum Gasteiger partial charge on any atom is 0.432 e. The summed E-state index contributed by atoms with van der Waals surface area (Å²) in [4.78, 5) is 22.3. The molecule has 0 rings (SSSR count). The van der Waals surface area contributed by atoms with Crippen LogP contribution >= 0.6 is 0 Å². The van der Waals surface area contributed by atoms with Gasteiger partial charge >= 0.3 is 18.1 Å². The van der Waals surface area contributed by atoms with Gasteiger partial charge in [0.2, 0.25) is 5.60 Å². The highest BCUT2D eigenvalue weighted by molar-refractivity contribution is 5.87. The van der Waals surface area contributed by atoms with Crippen molar-refractivity contribution >= 4 is 11.9 Å². The Balaban J connectivity index is 5.54. The van der Waals surface area contributed by atoms with Gasteiger partial charge in [-0.25, -0.2) is 4.79 Å². The first-order chi connectivity index (χ1) is 8.24. The smallest absolute Gasteiger partial charge is 0.432 e. The van der Waals surface area contributed by atoms with Crippen molar-refractivity contribution in [2.75, 3.05) is 0 Å². The van der Waals surface area contributed by atoms with E-state index in [0.717, 1.165) is 20.8 Å². The number of hydrogen-bond donors (Lipinski definition) is 0. The van der Waals surface area contributed by atoms with Gasteiger partial charge in [-0.3, -0.25) is 4.79 Å². The van der Waals surface area contributed by atoms with Crippen LogP contribution in [0.25, 0.3) is 0 Å². The van der Waals surface area contributed by atoms with Crippen LogP contribution in [0, 0.1) is 0 Å². The lowest BCUT2D eigenvalue weighted by molar-refractivity contribution is -0.310. The van der Waals surface area contributed by atoms with Crippen molar-refractivity contribution in [3.8, 4) is 0 Å². The number of halogens is 3. The Kier molecular flexibility index (Phi) is 4.80. The Hall–Kier alpha value is -1.53. The fraction of sp³-hybridized carbons (Fsp3) is 0.667.